The van der Waals surface area contributed by atoms with Crippen molar-refractivity contribution in [1.82, 2.24) is 4.98 Å². The van der Waals surface area contributed by atoms with Crippen molar-refractivity contribution >= 4 is 58.1 Å². The van der Waals surface area contributed by atoms with Crippen molar-refractivity contribution < 1.29 is 4.79 Å². The summed E-state index contributed by atoms with van der Waals surface area (Å²) in [5.41, 5.74) is 0.198. The minimum atomic E-state index is -1.74. The number of halogens is 4. The van der Waals surface area contributed by atoms with Crippen molar-refractivity contribution in [1.29, 1.82) is 0 Å². The highest BCUT2D eigenvalue weighted by Gasteiger charge is 2.30. The van der Waals surface area contributed by atoms with E-state index in [2.05, 4.69) is 4.98 Å². The van der Waals surface area contributed by atoms with Crippen LogP contribution in [0.1, 0.15) is 25.3 Å². The van der Waals surface area contributed by atoms with Gasteiger partial charge in [-0.25, -0.2) is 15.8 Å². The highest BCUT2D eigenvalue weighted by molar-refractivity contribution is 6.67. The summed E-state index contributed by atoms with van der Waals surface area (Å²) in [6.07, 6.45) is 0.917. The molecule has 0 bridgehead atoms. The molecular weight excluding hydrogens is 320 g/mol. The van der Waals surface area contributed by atoms with Crippen molar-refractivity contribution in [3.63, 3.8) is 0 Å². The van der Waals surface area contributed by atoms with Crippen molar-refractivity contribution in [3.8, 4) is 0 Å². The molecule has 0 aromatic carbocycles. The lowest BCUT2D eigenvalue weighted by Gasteiger charge is -2.22. The van der Waals surface area contributed by atoms with Crippen LogP contribution < -0.4 is 10.9 Å². The minimum absolute atomic E-state index is 0.0425. The predicted molar refractivity (Wildman–Crippen MR) is 75.1 cm³/mol. The van der Waals surface area contributed by atoms with E-state index in [9.17, 15) is 4.79 Å². The summed E-state index contributed by atoms with van der Waals surface area (Å²) in [7, 11) is 0. The fraction of sp³-hybridized carbons (Fsp3) is 0.400. The van der Waals surface area contributed by atoms with Gasteiger partial charge in [0, 0.05) is 12.0 Å². The molecule has 0 aliphatic heterocycles. The number of hydrogen-bond donors (Lipinski definition) is 1. The second-order valence-electron chi connectivity index (χ2n) is 3.52. The number of amides is 1. The molecule has 0 aliphatic carbocycles. The lowest BCUT2D eigenvalue weighted by molar-refractivity contribution is -0.118. The third-order valence-corrected chi connectivity index (χ3v) is 2.93. The zero-order valence-electron chi connectivity index (χ0n) is 9.46. The fourth-order valence-electron chi connectivity index (χ4n) is 1.28. The maximum Gasteiger partial charge on any atom is 0.242 e. The van der Waals surface area contributed by atoms with E-state index in [0.717, 1.165) is 5.01 Å². The smallest absolute Gasteiger partial charge is 0.242 e. The van der Waals surface area contributed by atoms with E-state index in [1.165, 1.54) is 12.1 Å². The first-order chi connectivity index (χ1) is 8.27. The van der Waals surface area contributed by atoms with Crippen LogP contribution in [0.15, 0.2) is 12.1 Å². The summed E-state index contributed by atoms with van der Waals surface area (Å²) in [6, 6.07) is 2.93. The van der Waals surface area contributed by atoms with Gasteiger partial charge in [0.1, 0.15) is 5.15 Å². The number of alkyl halides is 3. The Labute approximate surface area is 125 Å². The minimum Gasteiger partial charge on any atom is -0.273 e. The van der Waals surface area contributed by atoms with Crippen LogP contribution in [0.4, 0.5) is 5.82 Å². The van der Waals surface area contributed by atoms with Gasteiger partial charge in [0.05, 0.1) is 0 Å². The number of nitrogens with two attached hydrogens (primary N) is 1. The number of pyridine rings is 1. The summed E-state index contributed by atoms with van der Waals surface area (Å²) in [5, 5.41) is 1.01. The molecule has 0 unspecified atom stereocenters. The molecule has 100 valence electrons. The van der Waals surface area contributed by atoms with Crippen LogP contribution in [0.25, 0.3) is 0 Å². The van der Waals surface area contributed by atoms with Gasteiger partial charge in [0.25, 0.3) is 0 Å². The maximum absolute atomic E-state index is 11.7. The summed E-state index contributed by atoms with van der Waals surface area (Å²) in [4.78, 5) is 15.7. The molecule has 0 aliphatic rings. The summed E-state index contributed by atoms with van der Waals surface area (Å²) >= 11 is 23.1. The Kier molecular flexibility index (Phi) is 5.49. The predicted octanol–water partition coefficient (Wildman–Crippen LogP) is 3.57. The topological polar surface area (TPSA) is 59.2 Å². The van der Waals surface area contributed by atoms with Crippen LogP contribution in [-0.2, 0) is 8.59 Å². The molecule has 0 saturated heterocycles. The van der Waals surface area contributed by atoms with Crippen molar-refractivity contribution in [2.45, 2.75) is 23.6 Å². The average molecular weight is 331 g/mol. The Morgan fingerprint density at radius 2 is 2.06 bits per heavy atom. The Morgan fingerprint density at radius 1 is 1.44 bits per heavy atom. The van der Waals surface area contributed by atoms with Crippen molar-refractivity contribution in [2.75, 3.05) is 5.01 Å². The van der Waals surface area contributed by atoms with Gasteiger partial charge in [-0.2, -0.15) is 0 Å². The van der Waals surface area contributed by atoms with E-state index in [4.69, 9.17) is 52.2 Å². The van der Waals surface area contributed by atoms with Crippen LogP contribution >= 0.6 is 46.4 Å². The Balaban J connectivity index is 3.21. The van der Waals surface area contributed by atoms with E-state index in [-0.39, 0.29) is 28.9 Å². The third kappa shape index (κ3) is 3.87. The molecule has 8 heteroatoms. The van der Waals surface area contributed by atoms with Gasteiger partial charge in [-0.1, -0.05) is 53.3 Å². The molecule has 1 aromatic rings. The van der Waals surface area contributed by atoms with Crippen molar-refractivity contribution in [3.05, 3.63) is 22.8 Å². The number of hydrazine groups is 1. The SMILES string of the molecule is CCCC(=O)N(N)c1nc(Cl)ccc1C(Cl)(Cl)Cl. The van der Waals surface area contributed by atoms with Crippen LogP contribution in [0, 0.1) is 0 Å². The number of aromatic nitrogens is 1. The van der Waals surface area contributed by atoms with Gasteiger partial charge >= 0.3 is 0 Å². The largest absolute Gasteiger partial charge is 0.273 e. The molecule has 18 heavy (non-hydrogen) atoms. The third-order valence-electron chi connectivity index (χ3n) is 2.11. The maximum atomic E-state index is 11.7. The molecule has 1 rings (SSSR count). The number of anilines is 1. The van der Waals surface area contributed by atoms with E-state index in [1.54, 1.807) is 0 Å². The molecule has 1 amide bonds. The first kappa shape index (κ1) is 15.8. The number of rotatable bonds is 3. The lowest BCUT2D eigenvalue weighted by atomic mass is 10.2. The zero-order chi connectivity index (χ0) is 13.9. The second kappa shape index (κ2) is 6.26. The normalized spacial score (nSPS) is 11.4. The van der Waals surface area contributed by atoms with Gasteiger partial charge in [-0.05, 0) is 18.6 Å². The van der Waals surface area contributed by atoms with Gasteiger partial charge in [0.2, 0.25) is 9.70 Å². The van der Waals surface area contributed by atoms with E-state index >= 15 is 0 Å². The van der Waals surface area contributed by atoms with Crippen LogP contribution in [0.5, 0.6) is 0 Å². The fourth-order valence-corrected chi connectivity index (χ4v) is 1.87. The molecule has 0 saturated carbocycles. The second-order valence-corrected chi connectivity index (χ2v) is 6.19. The monoisotopic (exact) mass is 329 g/mol. The van der Waals surface area contributed by atoms with Crippen LogP contribution in [0.3, 0.4) is 0 Å². The molecule has 2 N–H and O–H groups in total. The average Bonchev–Trinajstić information content (AvgIpc) is 2.26. The van der Waals surface area contributed by atoms with Gasteiger partial charge in [-0.15, -0.1) is 0 Å². The number of carbonyl (C=O) groups excluding carboxylic acids is 1. The molecule has 0 fully saturated rings. The van der Waals surface area contributed by atoms with Gasteiger partial charge < -0.3 is 0 Å². The zero-order valence-corrected chi connectivity index (χ0v) is 12.5. The number of nitrogens with zero attached hydrogens (tertiary/aromatic N) is 2. The summed E-state index contributed by atoms with van der Waals surface area (Å²) in [5.74, 6) is 5.39. The Morgan fingerprint density at radius 3 is 2.56 bits per heavy atom. The quantitative estimate of drug-likeness (QED) is 0.303. The Bertz CT molecular complexity index is 447. The Hall–Kier alpha value is -0.260. The number of hydrogen-bond acceptors (Lipinski definition) is 3. The molecule has 1 heterocycles. The molecule has 1 aromatic heterocycles. The van der Waals surface area contributed by atoms with E-state index in [0.29, 0.717) is 6.42 Å². The first-order valence-electron chi connectivity index (χ1n) is 5.08. The molecule has 0 radical (unpaired) electrons. The molecule has 4 nitrogen and oxygen atoms in total. The van der Waals surface area contributed by atoms with Gasteiger partial charge in [-0.3, -0.25) is 4.79 Å². The lowest BCUT2D eigenvalue weighted by Crippen LogP contribution is -2.39. The van der Waals surface area contributed by atoms with Crippen LogP contribution in [0.2, 0.25) is 5.15 Å². The first-order valence-corrected chi connectivity index (χ1v) is 6.60. The number of carbonyl (C=O) groups is 1. The highest BCUT2D eigenvalue weighted by atomic mass is 35.6. The molecule has 0 spiro atoms. The highest BCUT2D eigenvalue weighted by Crippen LogP contribution is 2.42. The van der Waals surface area contributed by atoms with Crippen LogP contribution in [-0.4, -0.2) is 10.9 Å². The molecule has 0 atom stereocenters. The summed E-state index contributed by atoms with van der Waals surface area (Å²) in [6.45, 7) is 1.85. The standard InChI is InChI=1S/C10H11Cl4N3O/c1-2-3-8(18)17(15)9-6(10(12,13)14)4-5-7(11)16-9/h4-5H,2-3,15H2,1H3. The van der Waals surface area contributed by atoms with Crippen molar-refractivity contribution in [2.24, 2.45) is 5.84 Å². The van der Waals surface area contributed by atoms with E-state index < -0.39 is 3.79 Å². The summed E-state index contributed by atoms with van der Waals surface area (Å²) < 4.78 is -1.74. The van der Waals surface area contributed by atoms with E-state index in [1.807, 2.05) is 6.92 Å². The molecular formula is C10H11Cl4N3O. The van der Waals surface area contributed by atoms with Gasteiger partial charge in [0.15, 0.2) is 5.82 Å².